The van der Waals surface area contributed by atoms with E-state index in [1.165, 1.54) is 12.0 Å². The van der Waals surface area contributed by atoms with E-state index in [0.29, 0.717) is 11.8 Å². The molecule has 0 radical (unpaired) electrons. The molecule has 2 unspecified atom stereocenters. The smallest absolute Gasteiger partial charge is 0.181 e. The molecule has 0 heterocycles. The predicted molar refractivity (Wildman–Crippen MR) is 60.1 cm³/mol. The molecule has 0 fully saturated rings. The highest BCUT2D eigenvalue weighted by Gasteiger charge is 2.26. The largest absolute Gasteiger partial charge is 0.290 e. The van der Waals surface area contributed by atoms with Gasteiger partial charge in [0.15, 0.2) is 5.78 Å². The van der Waals surface area contributed by atoms with Crippen LogP contribution in [0.25, 0.3) is 0 Å². The SMILES string of the molecule is CC=CC(=O)C1=C(C)CCC(C)C1C. The molecule has 0 aliphatic heterocycles. The predicted octanol–water partition coefficient (Wildman–Crippen LogP) is 3.51. The Morgan fingerprint density at radius 1 is 1.43 bits per heavy atom. The molecule has 0 spiro atoms. The van der Waals surface area contributed by atoms with Crippen LogP contribution in [0.15, 0.2) is 23.3 Å². The van der Waals surface area contributed by atoms with E-state index in [4.69, 9.17) is 0 Å². The Bertz CT molecular complexity index is 284. The lowest BCUT2D eigenvalue weighted by molar-refractivity contribution is -0.112. The highest BCUT2D eigenvalue weighted by molar-refractivity contribution is 6.04. The Labute approximate surface area is 86.9 Å². The maximum atomic E-state index is 11.8. The van der Waals surface area contributed by atoms with Crippen LogP contribution < -0.4 is 0 Å². The molecular weight excluding hydrogens is 172 g/mol. The number of hydrogen-bond acceptors (Lipinski definition) is 1. The molecule has 0 aromatic rings. The molecular formula is C13H20O. The van der Waals surface area contributed by atoms with E-state index in [0.717, 1.165) is 12.0 Å². The summed E-state index contributed by atoms with van der Waals surface area (Å²) in [6.07, 6.45) is 5.83. The highest BCUT2D eigenvalue weighted by Crippen LogP contribution is 2.34. The average Bonchev–Trinajstić information content (AvgIpc) is 2.13. The monoisotopic (exact) mass is 192 g/mol. The lowest BCUT2D eigenvalue weighted by Gasteiger charge is -2.28. The molecule has 0 saturated heterocycles. The van der Waals surface area contributed by atoms with Gasteiger partial charge in [-0.15, -0.1) is 0 Å². The lowest BCUT2D eigenvalue weighted by atomic mass is 9.76. The van der Waals surface area contributed by atoms with Gasteiger partial charge in [0, 0.05) is 5.57 Å². The second-order valence-electron chi connectivity index (χ2n) is 4.36. The second kappa shape index (κ2) is 4.59. The van der Waals surface area contributed by atoms with Crippen molar-refractivity contribution in [3.8, 4) is 0 Å². The summed E-state index contributed by atoms with van der Waals surface area (Å²) < 4.78 is 0. The van der Waals surface area contributed by atoms with Gasteiger partial charge in [0.25, 0.3) is 0 Å². The van der Waals surface area contributed by atoms with Crippen LogP contribution in [0.1, 0.15) is 40.5 Å². The first-order valence-corrected chi connectivity index (χ1v) is 5.44. The molecule has 14 heavy (non-hydrogen) atoms. The molecule has 1 nitrogen and oxygen atoms in total. The van der Waals surface area contributed by atoms with Crippen LogP contribution in [0.3, 0.4) is 0 Å². The van der Waals surface area contributed by atoms with E-state index in [2.05, 4.69) is 20.8 Å². The number of allylic oxidation sites excluding steroid dienone is 4. The topological polar surface area (TPSA) is 17.1 Å². The summed E-state index contributed by atoms with van der Waals surface area (Å²) in [5, 5.41) is 0. The number of rotatable bonds is 2. The van der Waals surface area contributed by atoms with Crippen LogP contribution in [0.2, 0.25) is 0 Å². The second-order valence-corrected chi connectivity index (χ2v) is 4.36. The summed E-state index contributed by atoms with van der Waals surface area (Å²) >= 11 is 0. The minimum Gasteiger partial charge on any atom is -0.290 e. The molecule has 0 aromatic carbocycles. The van der Waals surface area contributed by atoms with E-state index < -0.39 is 0 Å². The zero-order valence-corrected chi connectivity index (χ0v) is 9.63. The fraction of sp³-hybridized carbons (Fsp3) is 0.615. The lowest BCUT2D eigenvalue weighted by Crippen LogP contribution is -2.22. The third-order valence-corrected chi connectivity index (χ3v) is 3.33. The van der Waals surface area contributed by atoms with Crippen LogP contribution in [0.5, 0.6) is 0 Å². The van der Waals surface area contributed by atoms with Crippen molar-refractivity contribution in [3.05, 3.63) is 23.3 Å². The molecule has 1 rings (SSSR count). The Hall–Kier alpha value is -0.850. The first-order chi connectivity index (χ1) is 6.57. The number of carbonyl (C=O) groups is 1. The Morgan fingerprint density at radius 3 is 2.64 bits per heavy atom. The Kier molecular flexibility index (Phi) is 3.68. The van der Waals surface area contributed by atoms with Gasteiger partial charge in [-0.3, -0.25) is 4.79 Å². The van der Waals surface area contributed by atoms with Gasteiger partial charge in [0.2, 0.25) is 0 Å². The first kappa shape index (κ1) is 11.2. The molecule has 2 atom stereocenters. The van der Waals surface area contributed by atoms with Crippen molar-refractivity contribution in [1.82, 2.24) is 0 Å². The standard InChI is InChI=1S/C13H20O/c1-5-6-12(14)13-10(3)8-7-9(2)11(13)4/h5-6,9,11H,7-8H2,1-4H3. The van der Waals surface area contributed by atoms with Crippen LogP contribution in [-0.4, -0.2) is 5.78 Å². The van der Waals surface area contributed by atoms with Crippen LogP contribution in [-0.2, 0) is 4.79 Å². The van der Waals surface area contributed by atoms with Crippen LogP contribution >= 0.6 is 0 Å². The summed E-state index contributed by atoms with van der Waals surface area (Å²) in [4.78, 5) is 11.8. The molecule has 0 N–H and O–H groups in total. The number of carbonyl (C=O) groups excluding carboxylic acids is 1. The van der Waals surface area contributed by atoms with Crippen molar-refractivity contribution in [3.63, 3.8) is 0 Å². The third kappa shape index (κ3) is 2.14. The van der Waals surface area contributed by atoms with Gasteiger partial charge < -0.3 is 0 Å². The molecule has 0 saturated carbocycles. The minimum atomic E-state index is 0.212. The average molecular weight is 192 g/mol. The maximum Gasteiger partial charge on any atom is 0.181 e. The third-order valence-electron chi connectivity index (χ3n) is 3.33. The molecule has 78 valence electrons. The molecule has 1 aliphatic carbocycles. The van der Waals surface area contributed by atoms with Gasteiger partial charge in [0.05, 0.1) is 0 Å². The summed E-state index contributed by atoms with van der Waals surface area (Å²) in [6.45, 7) is 8.40. The zero-order valence-electron chi connectivity index (χ0n) is 9.63. The summed E-state index contributed by atoms with van der Waals surface area (Å²) in [5.74, 6) is 1.28. The van der Waals surface area contributed by atoms with E-state index in [1.54, 1.807) is 6.08 Å². The van der Waals surface area contributed by atoms with Crippen LogP contribution in [0, 0.1) is 11.8 Å². The van der Waals surface area contributed by atoms with Crippen molar-refractivity contribution < 1.29 is 4.79 Å². The maximum absolute atomic E-state index is 11.8. The van der Waals surface area contributed by atoms with Gasteiger partial charge in [-0.2, -0.15) is 0 Å². The molecule has 0 bridgehead atoms. The normalized spacial score (nSPS) is 28.6. The van der Waals surface area contributed by atoms with Crippen molar-refractivity contribution in [1.29, 1.82) is 0 Å². The molecule has 0 aromatic heterocycles. The summed E-state index contributed by atoms with van der Waals surface area (Å²) in [5.41, 5.74) is 2.35. The minimum absolute atomic E-state index is 0.212. The Morgan fingerprint density at radius 2 is 2.07 bits per heavy atom. The fourth-order valence-corrected chi connectivity index (χ4v) is 2.18. The van der Waals surface area contributed by atoms with Crippen molar-refractivity contribution in [2.24, 2.45) is 11.8 Å². The van der Waals surface area contributed by atoms with Crippen molar-refractivity contribution in [2.45, 2.75) is 40.5 Å². The van der Waals surface area contributed by atoms with Gasteiger partial charge in [0.1, 0.15) is 0 Å². The van der Waals surface area contributed by atoms with E-state index in [9.17, 15) is 4.79 Å². The van der Waals surface area contributed by atoms with Gasteiger partial charge in [-0.25, -0.2) is 0 Å². The molecule has 1 aliphatic rings. The van der Waals surface area contributed by atoms with E-state index in [1.807, 2.05) is 13.0 Å². The van der Waals surface area contributed by atoms with Crippen molar-refractivity contribution >= 4 is 5.78 Å². The zero-order chi connectivity index (χ0) is 10.7. The van der Waals surface area contributed by atoms with Crippen LogP contribution in [0.4, 0.5) is 0 Å². The summed E-state index contributed by atoms with van der Waals surface area (Å²) in [7, 11) is 0. The number of ketones is 1. The molecule has 1 heteroatoms. The highest BCUT2D eigenvalue weighted by atomic mass is 16.1. The Balaban J connectivity index is 2.97. The van der Waals surface area contributed by atoms with Gasteiger partial charge >= 0.3 is 0 Å². The fourth-order valence-electron chi connectivity index (χ4n) is 2.18. The number of hydrogen-bond donors (Lipinski definition) is 0. The van der Waals surface area contributed by atoms with Gasteiger partial charge in [-0.05, 0) is 44.6 Å². The van der Waals surface area contributed by atoms with Crippen molar-refractivity contribution in [2.75, 3.05) is 0 Å². The molecule has 0 amide bonds. The first-order valence-electron chi connectivity index (χ1n) is 5.44. The van der Waals surface area contributed by atoms with Gasteiger partial charge in [-0.1, -0.05) is 25.5 Å². The quantitative estimate of drug-likeness (QED) is 0.612. The summed E-state index contributed by atoms with van der Waals surface area (Å²) in [6, 6.07) is 0. The van der Waals surface area contributed by atoms with E-state index in [-0.39, 0.29) is 5.78 Å². The van der Waals surface area contributed by atoms with E-state index >= 15 is 0 Å².